The van der Waals surface area contributed by atoms with Gasteiger partial charge in [0.15, 0.2) is 0 Å². The predicted molar refractivity (Wildman–Crippen MR) is 82.0 cm³/mol. The molecule has 2 aromatic rings. The summed E-state index contributed by atoms with van der Waals surface area (Å²) in [4.78, 5) is 23.1. The molecule has 6 heteroatoms. The number of carboxylic acid groups (broad SMARTS) is 1. The Morgan fingerprint density at radius 2 is 1.67 bits per heavy atom. The molecule has 24 heavy (non-hydrogen) atoms. The van der Waals surface area contributed by atoms with E-state index in [-0.39, 0.29) is 24.2 Å². The number of aryl methyl sites for hydroxylation is 1. The van der Waals surface area contributed by atoms with Crippen LogP contribution in [0, 0.1) is 6.92 Å². The molecule has 0 saturated carbocycles. The van der Waals surface area contributed by atoms with Crippen molar-refractivity contribution in [2.75, 3.05) is 0 Å². The zero-order valence-electron chi connectivity index (χ0n) is 12.9. The van der Waals surface area contributed by atoms with Crippen LogP contribution in [0.5, 0.6) is 0 Å². The van der Waals surface area contributed by atoms with Gasteiger partial charge in [-0.25, -0.2) is 4.79 Å². The zero-order chi connectivity index (χ0) is 17.9. The van der Waals surface area contributed by atoms with E-state index in [9.17, 15) is 22.8 Å². The van der Waals surface area contributed by atoms with Crippen LogP contribution < -0.4 is 0 Å². The lowest BCUT2D eigenvalue weighted by Crippen LogP contribution is -2.12. The van der Waals surface area contributed by atoms with E-state index in [1.54, 1.807) is 12.1 Å². The topological polar surface area (TPSA) is 54.4 Å². The van der Waals surface area contributed by atoms with Crippen molar-refractivity contribution in [3.63, 3.8) is 0 Å². The molecule has 0 heterocycles. The van der Waals surface area contributed by atoms with Gasteiger partial charge in [-0.1, -0.05) is 29.8 Å². The van der Waals surface area contributed by atoms with Gasteiger partial charge in [-0.15, -0.1) is 0 Å². The molecule has 2 aromatic carbocycles. The van der Waals surface area contributed by atoms with Crippen LogP contribution in [0.2, 0.25) is 0 Å². The quantitative estimate of drug-likeness (QED) is 0.895. The van der Waals surface area contributed by atoms with Crippen LogP contribution in [0.1, 0.15) is 32.6 Å². The molecule has 0 unspecified atom stereocenters. The molecular weight excluding hydrogens is 321 g/mol. The minimum atomic E-state index is -4.67. The largest absolute Gasteiger partial charge is 0.478 e. The first-order valence-electron chi connectivity index (χ1n) is 7.17. The van der Waals surface area contributed by atoms with Gasteiger partial charge < -0.3 is 5.11 Å². The summed E-state index contributed by atoms with van der Waals surface area (Å²) in [5.74, 6) is -1.75. The molecule has 0 radical (unpaired) electrons. The highest BCUT2D eigenvalue weighted by Gasteiger charge is 2.32. The molecule has 0 atom stereocenters. The lowest BCUT2D eigenvalue weighted by atomic mass is 9.98. The molecule has 0 bridgehead atoms. The lowest BCUT2D eigenvalue weighted by Gasteiger charge is -2.10. The van der Waals surface area contributed by atoms with Crippen LogP contribution in [-0.4, -0.2) is 16.9 Å². The van der Waals surface area contributed by atoms with E-state index in [0.29, 0.717) is 6.07 Å². The molecule has 3 nitrogen and oxygen atoms in total. The summed E-state index contributed by atoms with van der Waals surface area (Å²) in [5, 5.41) is 8.95. The molecule has 1 N–H and O–H groups in total. The van der Waals surface area contributed by atoms with Gasteiger partial charge in [0.05, 0.1) is 11.1 Å². The van der Waals surface area contributed by atoms with E-state index in [1.165, 1.54) is 0 Å². The maximum Gasteiger partial charge on any atom is 0.416 e. The summed E-state index contributed by atoms with van der Waals surface area (Å²) in [5.41, 5.74) is 0.238. The molecule has 0 spiro atoms. The highest BCUT2D eigenvalue weighted by atomic mass is 19.4. The molecule has 126 valence electrons. The Bertz CT molecular complexity index is 779. The number of benzene rings is 2. The first-order chi connectivity index (χ1) is 11.1. The number of alkyl halides is 3. The Kier molecular flexibility index (Phi) is 5.07. The van der Waals surface area contributed by atoms with E-state index in [4.69, 9.17) is 5.11 Å². The third-order valence-electron chi connectivity index (χ3n) is 3.45. The maximum atomic E-state index is 12.9. The number of aromatic carboxylic acids is 1. The summed E-state index contributed by atoms with van der Waals surface area (Å²) >= 11 is 0. The van der Waals surface area contributed by atoms with Crippen molar-refractivity contribution in [1.29, 1.82) is 0 Å². The molecule has 0 aliphatic carbocycles. The SMILES string of the molecule is Cc1cccc(CC(=O)Cc2cc(C(=O)O)cc(C(F)(F)F)c2)c1. The Morgan fingerprint density at radius 3 is 2.25 bits per heavy atom. The van der Waals surface area contributed by atoms with Gasteiger partial charge in [0.2, 0.25) is 0 Å². The fraction of sp³-hybridized carbons (Fsp3) is 0.222. The highest BCUT2D eigenvalue weighted by Crippen LogP contribution is 2.31. The van der Waals surface area contributed by atoms with E-state index < -0.39 is 23.3 Å². The van der Waals surface area contributed by atoms with E-state index >= 15 is 0 Å². The van der Waals surface area contributed by atoms with Crippen molar-refractivity contribution in [3.05, 3.63) is 70.3 Å². The average Bonchev–Trinajstić information content (AvgIpc) is 2.45. The number of Topliss-reactive ketones (excluding diaryl/α,β-unsaturated/α-hetero) is 1. The molecule has 0 saturated heterocycles. The average molecular weight is 336 g/mol. The summed E-state index contributed by atoms with van der Waals surface area (Å²) in [6.45, 7) is 1.87. The Balaban J connectivity index is 2.23. The predicted octanol–water partition coefficient (Wildman–Crippen LogP) is 4.07. The fourth-order valence-corrected chi connectivity index (χ4v) is 2.42. The summed E-state index contributed by atoms with van der Waals surface area (Å²) in [6, 6.07) is 9.75. The standard InChI is InChI=1S/C18H15F3O3/c1-11-3-2-4-12(5-11)8-16(22)9-13-6-14(17(23)24)10-15(7-13)18(19,20)21/h2-7,10H,8-9H2,1H3,(H,23,24). The number of halogens is 3. The zero-order valence-corrected chi connectivity index (χ0v) is 12.9. The molecule has 0 fully saturated rings. The number of rotatable bonds is 5. The van der Waals surface area contributed by atoms with Crippen molar-refractivity contribution in [2.24, 2.45) is 0 Å². The van der Waals surface area contributed by atoms with Gasteiger partial charge in [-0.05, 0) is 36.2 Å². The third kappa shape index (κ3) is 4.68. The number of carboxylic acids is 1. The second-order valence-electron chi connectivity index (χ2n) is 5.60. The van der Waals surface area contributed by atoms with Gasteiger partial charge in [0.25, 0.3) is 0 Å². The number of hydrogen-bond donors (Lipinski definition) is 1. The van der Waals surface area contributed by atoms with Crippen molar-refractivity contribution < 1.29 is 27.9 Å². The highest BCUT2D eigenvalue weighted by molar-refractivity contribution is 5.89. The second-order valence-corrected chi connectivity index (χ2v) is 5.60. The van der Waals surface area contributed by atoms with Gasteiger partial charge in [0, 0.05) is 12.8 Å². The number of carbonyl (C=O) groups is 2. The smallest absolute Gasteiger partial charge is 0.416 e. The Labute approximate surface area is 136 Å². The Morgan fingerprint density at radius 1 is 1.00 bits per heavy atom. The minimum Gasteiger partial charge on any atom is -0.478 e. The van der Waals surface area contributed by atoms with Gasteiger partial charge >= 0.3 is 12.1 Å². The van der Waals surface area contributed by atoms with Crippen LogP contribution in [0.3, 0.4) is 0 Å². The lowest BCUT2D eigenvalue weighted by molar-refractivity contribution is -0.137. The maximum absolute atomic E-state index is 12.9. The molecular formula is C18H15F3O3. The van der Waals surface area contributed by atoms with Crippen molar-refractivity contribution >= 4 is 11.8 Å². The van der Waals surface area contributed by atoms with Crippen LogP contribution in [0.25, 0.3) is 0 Å². The second kappa shape index (κ2) is 6.86. The van der Waals surface area contributed by atoms with Crippen LogP contribution in [0.4, 0.5) is 13.2 Å². The van der Waals surface area contributed by atoms with Crippen LogP contribution >= 0.6 is 0 Å². The van der Waals surface area contributed by atoms with E-state index in [0.717, 1.165) is 23.3 Å². The first-order valence-corrected chi connectivity index (χ1v) is 7.17. The number of ketones is 1. The first kappa shape index (κ1) is 17.7. The molecule has 0 amide bonds. The van der Waals surface area contributed by atoms with Crippen LogP contribution in [-0.2, 0) is 23.8 Å². The van der Waals surface area contributed by atoms with E-state index in [2.05, 4.69) is 0 Å². The van der Waals surface area contributed by atoms with Crippen molar-refractivity contribution in [1.82, 2.24) is 0 Å². The molecule has 0 aliphatic heterocycles. The Hall–Kier alpha value is -2.63. The fourth-order valence-electron chi connectivity index (χ4n) is 2.42. The van der Waals surface area contributed by atoms with Gasteiger partial charge in [-0.2, -0.15) is 13.2 Å². The van der Waals surface area contributed by atoms with Gasteiger partial charge in [-0.3, -0.25) is 4.79 Å². The molecule has 0 aromatic heterocycles. The number of carbonyl (C=O) groups excluding carboxylic acids is 1. The summed E-state index contributed by atoms with van der Waals surface area (Å²) < 4.78 is 38.6. The summed E-state index contributed by atoms with van der Waals surface area (Å²) in [7, 11) is 0. The molecule has 2 rings (SSSR count). The van der Waals surface area contributed by atoms with Crippen molar-refractivity contribution in [2.45, 2.75) is 25.9 Å². The summed E-state index contributed by atoms with van der Waals surface area (Å²) in [6.07, 6.45) is -4.84. The van der Waals surface area contributed by atoms with Gasteiger partial charge in [0.1, 0.15) is 5.78 Å². The molecule has 0 aliphatic rings. The van der Waals surface area contributed by atoms with Crippen LogP contribution in [0.15, 0.2) is 42.5 Å². The van der Waals surface area contributed by atoms with Crippen molar-refractivity contribution in [3.8, 4) is 0 Å². The van der Waals surface area contributed by atoms with E-state index in [1.807, 2.05) is 19.1 Å². The normalized spacial score (nSPS) is 11.3. The minimum absolute atomic E-state index is 0.0416. The monoisotopic (exact) mass is 336 g/mol. The third-order valence-corrected chi connectivity index (χ3v) is 3.45. The number of hydrogen-bond acceptors (Lipinski definition) is 2.